The number of hydrogen-bond acceptors (Lipinski definition) is 5. The molecule has 1 aliphatic rings. The van der Waals surface area contributed by atoms with Crippen LogP contribution in [0.5, 0.6) is 11.5 Å². The van der Waals surface area contributed by atoms with Crippen molar-refractivity contribution in [1.29, 1.82) is 0 Å². The van der Waals surface area contributed by atoms with Crippen LogP contribution in [-0.2, 0) is 14.4 Å². The zero-order valence-corrected chi connectivity index (χ0v) is 15.2. The third kappa shape index (κ3) is 3.66. The van der Waals surface area contributed by atoms with Crippen molar-refractivity contribution in [3.05, 3.63) is 59.7 Å². The van der Waals surface area contributed by atoms with E-state index in [2.05, 4.69) is 5.43 Å². The molecule has 28 heavy (non-hydrogen) atoms. The van der Waals surface area contributed by atoms with Gasteiger partial charge in [-0.05, 0) is 31.2 Å². The van der Waals surface area contributed by atoms with E-state index in [0.717, 1.165) is 5.01 Å². The maximum atomic E-state index is 12.7. The lowest BCUT2D eigenvalue weighted by molar-refractivity contribution is -0.144. The zero-order chi connectivity index (χ0) is 20.3. The summed E-state index contributed by atoms with van der Waals surface area (Å²) in [6.45, 7) is 1.37. The number of para-hydroxylation sites is 2. The number of hydrazine groups is 1. The lowest BCUT2D eigenvalue weighted by Crippen LogP contribution is -2.35. The predicted octanol–water partition coefficient (Wildman–Crippen LogP) is 2.01. The van der Waals surface area contributed by atoms with Crippen molar-refractivity contribution in [2.24, 2.45) is 0 Å². The number of methoxy groups -OCH3 is 1. The number of rotatable bonds is 6. The number of benzene rings is 2. The lowest BCUT2D eigenvalue weighted by atomic mass is 10.1. The molecule has 8 heteroatoms. The maximum absolute atomic E-state index is 12.7. The number of anilines is 1. The molecule has 144 valence electrons. The molecule has 0 saturated carbocycles. The number of nitrogens with zero attached hydrogens (tertiary/aromatic N) is 1. The molecular weight excluding hydrogens is 364 g/mol. The highest BCUT2D eigenvalue weighted by Gasteiger charge is 2.34. The minimum atomic E-state index is -1.16. The van der Waals surface area contributed by atoms with Gasteiger partial charge in [0.1, 0.15) is 5.57 Å². The molecule has 1 fully saturated rings. The van der Waals surface area contributed by atoms with Gasteiger partial charge < -0.3 is 14.6 Å². The van der Waals surface area contributed by atoms with Crippen LogP contribution in [0.4, 0.5) is 5.69 Å². The van der Waals surface area contributed by atoms with Gasteiger partial charge in [-0.2, -0.15) is 0 Å². The first kappa shape index (κ1) is 19.0. The molecule has 8 nitrogen and oxygen atoms in total. The average molecular weight is 382 g/mol. The second-order valence-electron chi connectivity index (χ2n) is 5.95. The van der Waals surface area contributed by atoms with Gasteiger partial charge in [-0.3, -0.25) is 15.0 Å². The maximum Gasteiger partial charge on any atom is 0.344 e. The van der Waals surface area contributed by atoms with Crippen LogP contribution in [0, 0.1) is 0 Å². The molecule has 2 N–H and O–H groups in total. The van der Waals surface area contributed by atoms with Gasteiger partial charge in [0.05, 0.1) is 12.8 Å². The molecule has 1 heterocycles. The number of ether oxygens (including phenoxy) is 2. The summed E-state index contributed by atoms with van der Waals surface area (Å²) in [7, 11) is 1.41. The van der Waals surface area contributed by atoms with Gasteiger partial charge in [0.25, 0.3) is 11.8 Å². The van der Waals surface area contributed by atoms with Crippen molar-refractivity contribution in [2.45, 2.75) is 13.0 Å². The van der Waals surface area contributed by atoms with E-state index in [9.17, 15) is 14.4 Å². The molecule has 1 aliphatic heterocycles. The van der Waals surface area contributed by atoms with Gasteiger partial charge >= 0.3 is 5.97 Å². The third-order valence-electron chi connectivity index (χ3n) is 4.08. The van der Waals surface area contributed by atoms with Crippen LogP contribution in [0.3, 0.4) is 0 Å². The number of aliphatic carboxylic acids is 1. The van der Waals surface area contributed by atoms with Crippen molar-refractivity contribution >= 4 is 29.5 Å². The highest BCUT2D eigenvalue weighted by molar-refractivity contribution is 6.31. The molecule has 1 atom stereocenters. The summed E-state index contributed by atoms with van der Waals surface area (Å²) in [6.07, 6.45) is 0.204. The van der Waals surface area contributed by atoms with Crippen molar-refractivity contribution < 1.29 is 29.0 Å². The van der Waals surface area contributed by atoms with Gasteiger partial charge in [0.2, 0.25) is 0 Å². The molecule has 0 spiro atoms. The summed E-state index contributed by atoms with van der Waals surface area (Å²) >= 11 is 0. The molecule has 2 aromatic carbocycles. The fourth-order valence-corrected chi connectivity index (χ4v) is 2.63. The first-order valence-electron chi connectivity index (χ1n) is 8.41. The van der Waals surface area contributed by atoms with E-state index in [1.54, 1.807) is 48.5 Å². The van der Waals surface area contributed by atoms with E-state index in [1.165, 1.54) is 20.1 Å². The summed E-state index contributed by atoms with van der Waals surface area (Å²) in [6, 6.07) is 13.5. The van der Waals surface area contributed by atoms with Crippen LogP contribution in [0.2, 0.25) is 0 Å². The van der Waals surface area contributed by atoms with Crippen molar-refractivity contribution in [1.82, 2.24) is 5.43 Å². The number of carboxylic acids is 1. The zero-order valence-electron chi connectivity index (χ0n) is 15.2. The monoisotopic (exact) mass is 382 g/mol. The summed E-state index contributed by atoms with van der Waals surface area (Å²) < 4.78 is 10.7. The van der Waals surface area contributed by atoms with E-state index in [0.29, 0.717) is 11.3 Å². The molecule has 0 radical (unpaired) electrons. The van der Waals surface area contributed by atoms with E-state index >= 15 is 0 Å². The average Bonchev–Trinajstić information content (AvgIpc) is 2.97. The van der Waals surface area contributed by atoms with E-state index in [-0.39, 0.29) is 17.1 Å². The predicted molar refractivity (Wildman–Crippen MR) is 101 cm³/mol. The van der Waals surface area contributed by atoms with Crippen molar-refractivity contribution in [2.75, 3.05) is 12.1 Å². The van der Waals surface area contributed by atoms with E-state index < -0.39 is 23.9 Å². The quantitative estimate of drug-likeness (QED) is 0.585. The molecule has 3 rings (SSSR count). The Bertz CT molecular complexity index is 954. The Morgan fingerprint density at radius 3 is 2.50 bits per heavy atom. The molecule has 0 unspecified atom stereocenters. The molecular formula is C20H18N2O6. The normalized spacial score (nSPS) is 16.1. The van der Waals surface area contributed by atoms with Crippen LogP contribution in [-0.4, -0.2) is 36.1 Å². The summed E-state index contributed by atoms with van der Waals surface area (Å²) in [5.41, 5.74) is 3.27. The minimum Gasteiger partial charge on any atom is -0.493 e. The molecule has 2 aromatic rings. The van der Waals surface area contributed by atoms with Gasteiger partial charge in [-0.25, -0.2) is 9.80 Å². The topological polar surface area (TPSA) is 105 Å². The molecule has 2 amide bonds. The Kier molecular flexibility index (Phi) is 5.30. The molecule has 0 bridgehead atoms. The fourth-order valence-electron chi connectivity index (χ4n) is 2.63. The number of carboxylic acid groups (broad SMARTS) is 1. The SMILES string of the molecule is COc1cccc(/C=C2\C(=O)NN(c3ccccc3)C2=O)c1O[C@@H](C)C(=O)O. The molecule has 1 saturated heterocycles. The Balaban J connectivity index is 2.00. The number of hydrogen-bond donors (Lipinski definition) is 2. The number of nitrogens with one attached hydrogen (secondary N) is 1. The van der Waals surface area contributed by atoms with Crippen LogP contribution in [0.25, 0.3) is 6.08 Å². The highest BCUT2D eigenvalue weighted by Crippen LogP contribution is 2.34. The largest absolute Gasteiger partial charge is 0.493 e. The first-order valence-corrected chi connectivity index (χ1v) is 8.41. The highest BCUT2D eigenvalue weighted by atomic mass is 16.5. The first-order chi connectivity index (χ1) is 13.4. The fraction of sp³-hybridized carbons (Fsp3) is 0.150. The number of carbonyl (C=O) groups is 3. The Morgan fingerprint density at radius 2 is 1.86 bits per heavy atom. The number of amides is 2. The summed E-state index contributed by atoms with van der Waals surface area (Å²) in [5, 5.41) is 10.3. The van der Waals surface area contributed by atoms with Gasteiger partial charge in [-0.1, -0.05) is 30.3 Å². The second-order valence-corrected chi connectivity index (χ2v) is 5.95. The number of carbonyl (C=O) groups excluding carboxylic acids is 2. The standard InChI is InChI=1S/C20H18N2O6/c1-12(20(25)26)28-17-13(7-6-10-16(17)27-2)11-15-18(23)21-22(19(15)24)14-8-4-3-5-9-14/h3-12H,1-2H3,(H,21,23)(H,25,26)/b15-11+/t12-/m0/s1. The van der Waals surface area contributed by atoms with Crippen LogP contribution < -0.4 is 19.9 Å². The smallest absolute Gasteiger partial charge is 0.344 e. The lowest BCUT2D eigenvalue weighted by Gasteiger charge is -2.16. The van der Waals surface area contributed by atoms with Crippen LogP contribution >= 0.6 is 0 Å². The molecule has 0 aliphatic carbocycles. The Labute approximate surface area is 160 Å². The molecule has 0 aromatic heterocycles. The van der Waals surface area contributed by atoms with E-state index in [4.69, 9.17) is 14.6 Å². The van der Waals surface area contributed by atoms with Crippen molar-refractivity contribution in [3.63, 3.8) is 0 Å². The van der Waals surface area contributed by atoms with E-state index in [1.807, 2.05) is 0 Å². The summed E-state index contributed by atoms with van der Waals surface area (Å²) in [5.74, 6) is -1.85. The Hall–Kier alpha value is -3.81. The van der Waals surface area contributed by atoms with Gasteiger partial charge in [0.15, 0.2) is 17.6 Å². The van der Waals surface area contributed by atoms with Crippen LogP contribution in [0.1, 0.15) is 12.5 Å². The summed E-state index contributed by atoms with van der Waals surface area (Å²) in [4.78, 5) is 36.2. The van der Waals surface area contributed by atoms with Crippen molar-refractivity contribution in [3.8, 4) is 11.5 Å². The Morgan fingerprint density at radius 1 is 1.14 bits per heavy atom. The van der Waals surface area contributed by atoms with Gasteiger partial charge in [0, 0.05) is 5.56 Å². The third-order valence-corrected chi connectivity index (χ3v) is 4.08. The second kappa shape index (κ2) is 7.83. The van der Waals surface area contributed by atoms with Gasteiger partial charge in [-0.15, -0.1) is 0 Å². The van der Waals surface area contributed by atoms with Crippen LogP contribution in [0.15, 0.2) is 54.1 Å². The minimum absolute atomic E-state index is 0.107.